The first-order chi connectivity index (χ1) is 8.97. The Bertz CT molecular complexity index is 473. The van der Waals surface area contributed by atoms with Crippen LogP contribution >= 0.6 is 0 Å². The second-order valence-corrected chi connectivity index (χ2v) is 5.53. The van der Waals surface area contributed by atoms with Crippen molar-refractivity contribution in [3.63, 3.8) is 0 Å². The number of nitrogens with zero attached hydrogens (tertiary/aromatic N) is 2. The summed E-state index contributed by atoms with van der Waals surface area (Å²) in [5.74, 6) is -0.859. The molecule has 104 valence electrons. The number of carbonyl (C=O) groups is 1. The summed E-state index contributed by atoms with van der Waals surface area (Å²) in [4.78, 5) is 15.7. The topological polar surface area (TPSA) is 43.8 Å². The molecule has 0 bridgehead atoms. The van der Waals surface area contributed by atoms with Gasteiger partial charge in [0.1, 0.15) is 0 Å². The lowest BCUT2D eigenvalue weighted by Crippen LogP contribution is -2.49. The van der Waals surface area contributed by atoms with Gasteiger partial charge in [-0.05, 0) is 44.2 Å². The third kappa shape index (κ3) is 3.33. The first-order valence-corrected chi connectivity index (χ1v) is 6.73. The molecule has 0 saturated carbocycles. The zero-order valence-corrected chi connectivity index (χ0v) is 11.9. The zero-order valence-electron chi connectivity index (χ0n) is 11.9. The van der Waals surface area contributed by atoms with Crippen molar-refractivity contribution in [2.24, 2.45) is 0 Å². The van der Waals surface area contributed by atoms with E-state index >= 15 is 0 Å². The van der Waals surface area contributed by atoms with Gasteiger partial charge in [0.25, 0.3) is 0 Å². The Balaban J connectivity index is 2.09. The molecule has 1 unspecified atom stereocenters. The van der Waals surface area contributed by atoms with E-state index in [2.05, 4.69) is 23.8 Å². The van der Waals surface area contributed by atoms with Crippen LogP contribution in [0.5, 0.6) is 0 Å². The van der Waals surface area contributed by atoms with Crippen LogP contribution in [0.25, 0.3) is 0 Å². The number of piperazine rings is 1. The highest BCUT2D eigenvalue weighted by Crippen LogP contribution is 2.17. The van der Waals surface area contributed by atoms with Crippen LogP contribution in [0.3, 0.4) is 0 Å². The minimum absolute atomic E-state index is 0.368. The van der Waals surface area contributed by atoms with E-state index in [1.807, 2.05) is 13.0 Å². The molecule has 1 atom stereocenters. The molecule has 0 spiro atoms. The fourth-order valence-corrected chi connectivity index (χ4v) is 2.64. The van der Waals surface area contributed by atoms with Crippen molar-refractivity contribution in [2.45, 2.75) is 26.4 Å². The van der Waals surface area contributed by atoms with E-state index in [0.29, 0.717) is 11.6 Å². The van der Waals surface area contributed by atoms with Crippen LogP contribution < -0.4 is 0 Å². The van der Waals surface area contributed by atoms with Crippen LogP contribution in [-0.2, 0) is 6.54 Å². The monoisotopic (exact) mass is 262 g/mol. The van der Waals surface area contributed by atoms with Gasteiger partial charge < -0.3 is 10.0 Å². The second kappa shape index (κ2) is 5.72. The summed E-state index contributed by atoms with van der Waals surface area (Å²) in [7, 11) is 2.15. The minimum Gasteiger partial charge on any atom is -0.478 e. The Hall–Kier alpha value is -1.39. The summed E-state index contributed by atoms with van der Waals surface area (Å²) in [6, 6.07) is 5.95. The highest BCUT2D eigenvalue weighted by molar-refractivity contribution is 5.87. The molecular weight excluding hydrogens is 240 g/mol. The standard InChI is InChI=1S/C15H22N2O2/c1-11-8-13(15(18)19)4-5-14(11)10-17-7-6-16(3)9-12(17)2/h4-5,8,12H,6-7,9-10H2,1-3H3,(H,18,19). The Kier molecular flexibility index (Phi) is 4.22. The van der Waals surface area contributed by atoms with E-state index in [-0.39, 0.29) is 0 Å². The molecule has 1 N–H and O–H groups in total. The van der Waals surface area contributed by atoms with Crippen LogP contribution in [0.1, 0.15) is 28.4 Å². The minimum atomic E-state index is -0.859. The SMILES string of the molecule is Cc1cc(C(=O)O)ccc1CN1CCN(C)CC1C. The van der Waals surface area contributed by atoms with E-state index in [4.69, 9.17) is 5.11 Å². The molecule has 1 aromatic rings. The highest BCUT2D eigenvalue weighted by Gasteiger charge is 2.21. The van der Waals surface area contributed by atoms with Gasteiger partial charge in [-0.1, -0.05) is 6.07 Å². The van der Waals surface area contributed by atoms with Crippen molar-refractivity contribution in [3.8, 4) is 0 Å². The third-order valence-corrected chi connectivity index (χ3v) is 3.93. The number of hydrogen-bond acceptors (Lipinski definition) is 3. The van der Waals surface area contributed by atoms with Crippen molar-refractivity contribution in [2.75, 3.05) is 26.7 Å². The number of carboxylic acid groups (broad SMARTS) is 1. The normalized spacial score (nSPS) is 21.5. The molecular formula is C15H22N2O2. The van der Waals surface area contributed by atoms with E-state index in [9.17, 15) is 4.79 Å². The smallest absolute Gasteiger partial charge is 0.335 e. The largest absolute Gasteiger partial charge is 0.478 e. The highest BCUT2D eigenvalue weighted by atomic mass is 16.4. The van der Waals surface area contributed by atoms with Crippen molar-refractivity contribution in [3.05, 3.63) is 34.9 Å². The first kappa shape index (κ1) is 14.0. The van der Waals surface area contributed by atoms with Gasteiger partial charge in [0.2, 0.25) is 0 Å². The molecule has 0 aromatic heterocycles. The summed E-state index contributed by atoms with van der Waals surface area (Å²) in [6.45, 7) is 8.39. The van der Waals surface area contributed by atoms with Crippen molar-refractivity contribution >= 4 is 5.97 Å². The van der Waals surface area contributed by atoms with Gasteiger partial charge in [-0.2, -0.15) is 0 Å². The molecule has 0 aliphatic carbocycles. The number of carboxylic acids is 1. The van der Waals surface area contributed by atoms with Gasteiger partial charge in [-0.25, -0.2) is 4.79 Å². The summed E-state index contributed by atoms with van der Waals surface area (Å²) in [5.41, 5.74) is 2.65. The number of aryl methyl sites for hydroxylation is 1. The zero-order chi connectivity index (χ0) is 14.0. The molecule has 4 heteroatoms. The van der Waals surface area contributed by atoms with Crippen molar-refractivity contribution < 1.29 is 9.90 Å². The van der Waals surface area contributed by atoms with Crippen LogP contribution in [0.15, 0.2) is 18.2 Å². The average Bonchev–Trinajstić information content (AvgIpc) is 2.34. The lowest BCUT2D eigenvalue weighted by molar-refractivity contribution is 0.0696. The molecule has 0 radical (unpaired) electrons. The van der Waals surface area contributed by atoms with Crippen LogP contribution in [-0.4, -0.2) is 53.6 Å². The molecule has 1 heterocycles. The number of rotatable bonds is 3. The summed E-state index contributed by atoms with van der Waals surface area (Å²) in [5, 5.41) is 8.98. The molecule has 1 aliphatic heterocycles. The lowest BCUT2D eigenvalue weighted by Gasteiger charge is -2.38. The Morgan fingerprint density at radius 2 is 2.16 bits per heavy atom. The summed E-state index contributed by atoms with van der Waals surface area (Å²) >= 11 is 0. The van der Waals surface area contributed by atoms with Crippen molar-refractivity contribution in [1.29, 1.82) is 0 Å². The summed E-state index contributed by atoms with van der Waals surface area (Å²) in [6.07, 6.45) is 0. The molecule has 1 aromatic carbocycles. The number of benzene rings is 1. The van der Waals surface area contributed by atoms with Gasteiger partial charge in [0, 0.05) is 32.2 Å². The molecule has 19 heavy (non-hydrogen) atoms. The van der Waals surface area contributed by atoms with Gasteiger partial charge >= 0.3 is 5.97 Å². The lowest BCUT2D eigenvalue weighted by atomic mass is 10.0. The maximum Gasteiger partial charge on any atom is 0.335 e. The summed E-state index contributed by atoms with van der Waals surface area (Å²) < 4.78 is 0. The molecule has 0 amide bonds. The third-order valence-electron chi connectivity index (χ3n) is 3.93. The van der Waals surface area contributed by atoms with Crippen LogP contribution in [0.4, 0.5) is 0 Å². The van der Waals surface area contributed by atoms with E-state index in [1.54, 1.807) is 12.1 Å². The maximum atomic E-state index is 10.9. The van der Waals surface area contributed by atoms with Gasteiger partial charge in [-0.15, -0.1) is 0 Å². The Morgan fingerprint density at radius 1 is 1.42 bits per heavy atom. The van der Waals surface area contributed by atoms with Gasteiger partial charge in [0.15, 0.2) is 0 Å². The molecule has 1 saturated heterocycles. The molecule has 1 fully saturated rings. The molecule has 4 nitrogen and oxygen atoms in total. The fraction of sp³-hybridized carbons (Fsp3) is 0.533. The number of hydrogen-bond donors (Lipinski definition) is 1. The second-order valence-electron chi connectivity index (χ2n) is 5.53. The van der Waals surface area contributed by atoms with E-state index < -0.39 is 5.97 Å². The Morgan fingerprint density at radius 3 is 2.74 bits per heavy atom. The van der Waals surface area contributed by atoms with Crippen LogP contribution in [0, 0.1) is 6.92 Å². The van der Waals surface area contributed by atoms with E-state index in [1.165, 1.54) is 5.56 Å². The quantitative estimate of drug-likeness (QED) is 0.902. The van der Waals surface area contributed by atoms with Gasteiger partial charge in [0.05, 0.1) is 5.56 Å². The number of aromatic carboxylic acids is 1. The molecule has 2 rings (SSSR count). The first-order valence-electron chi connectivity index (χ1n) is 6.73. The van der Waals surface area contributed by atoms with Gasteiger partial charge in [-0.3, -0.25) is 4.90 Å². The average molecular weight is 262 g/mol. The van der Waals surface area contributed by atoms with Crippen LogP contribution in [0.2, 0.25) is 0 Å². The Labute approximate surface area is 114 Å². The molecule has 1 aliphatic rings. The maximum absolute atomic E-state index is 10.9. The predicted molar refractivity (Wildman–Crippen MR) is 75.5 cm³/mol. The van der Waals surface area contributed by atoms with E-state index in [0.717, 1.165) is 31.7 Å². The van der Waals surface area contributed by atoms with Crippen molar-refractivity contribution in [1.82, 2.24) is 9.80 Å². The predicted octanol–water partition coefficient (Wildman–Crippen LogP) is 1.83. The fourth-order valence-electron chi connectivity index (χ4n) is 2.64. The number of likely N-dealkylation sites (N-methyl/N-ethyl adjacent to an activating group) is 1.